The standard InChI is InChI=1S/C19H27Cl2N9/c20-15-2-1-14(8-16(15)21)25-17-26-18(29-5-3-11(22)4-6-29)28-19(27-17)30-9-12(23)7-13(24)10-30/h1-2,8,11-13H,3-7,9-10,22-24H2,(H,25,26,27,28)/t12-,13+. The van der Waals surface area contributed by atoms with E-state index in [1.165, 1.54) is 0 Å². The van der Waals surface area contributed by atoms with Gasteiger partial charge in [0.05, 0.1) is 10.0 Å². The SMILES string of the molecule is NC1CCN(c2nc(Nc3ccc(Cl)c(Cl)c3)nc(N3C[C@H](N)C[C@H](N)C3)n2)CC1. The van der Waals surface area contributed by atoms with Crippen LogP contribution in [0.4, 0.5) is 23.5 Å². The van der Waals surface area contributed by atoms with Crippen LogP contribution in [-0.4, -0.2) is 59.3 Å². The van der Waals surface area contributed by atoms with Gasteiger partial charge in [-0.1, -0.05) is 23.2 Å². The first kappa shape index (κ1) is 21.3. The molecule has 3 heterocycles. The third-order valence-corrected chi connectivity index (χ3v) is 6.15. The fourth-order valence-electron chi connectivity index (χ4n) is 3.84. The van der Waals surface area contributed by atoms with Gasteiger partial charge < -0.3 is 32.3 Å². The molecule has 1 aromatic carbocycles. The number of hydrogen-bond acceptors (Lipinski definition) is 9. The van der Waals surface area contributed by atoms with Crippen molar-refractivity contribution in [3.63, 3.8) is 0 Å². The zero-order chi connectivity index (χ0) is 21.3. The van der Waals surface area contributed by atoms with Crippen molar-refractivity contribution in [2.75, 3.05) is 41.3 Å². The first-order valence-corrected chi connectivity index (χ1v) is 10.9. The summed E-state index contributed by atoms with van der Waals surface area (Å²) in [6.07, 6.45) is 2.58. The summed E-state index contributed by atoms with van der Waals surface area (Å²) in [5.74, 6) is 1.60. The highest BCUT2D eigenvalue weighted by Gasteiger charge is 2.27. The summed E-state index contributed by atoms with van der Waals surface area (Å²) >= 11 is 12.2. The van der Waals surface area contributed by atoms with Gasteiger partial charge in [0, 0.05) is 50.0 Å². The molecule has 0 radical (unpaired) electrons. The zero-order valence-corrected chi connectivity index (χ0v) is 18.1. The topological polar surface area (TPSA) is 135 Å². The average Bonchev–Trinajstić information content (AvgIpc) is 2.70. The molecule has 2 fully saturated rings. The summed E-state index contributed by atoms with van der Waals surface area (Å²) in [5, 5.41) is 4.16. The molecule has 2 aliphatic rings. The van der Waals surface area contributed by atoms with E-state index in [9.17, 15) is 0 Å². The highest BCUT2D eigenvalue weighted by Crippen LogP contribution is 2.28. The van der Waals surface area contributed by atoms with Crippen molar-refractivity contribution in [3.8, 4) is 0 Å². The van der Waals surface area contributed by atoms with Crippen molar-refractivity contribution in [2.24, 2.45) is 17.2 Å². The summed E-state index contributed by atoms with van der Waals surface area (Å²) in [6.45, 7) is 2.90. The Bertz CT molecular complexity index is 878. The number of anilines is 4. The lowest BCUT2D eigenvalue weighted by molar-refractivity contribution is 0.446. The molecule has 0 unspecified atom stereocenters. The molecule has 2 atom stereocenters. The minimum absolute atomic E-state index is 0.0200. The van der Waals surface area contributed by atoms with Gasteiger partial charge >= 0.3 is 0 Å². The summed E-state index contributed by atoms with van der Waals surface area (Å²) in [5.41, 5.74) is 19.2. The van der Waals surface area contributed by atoms with E-state index in [0.717, 1.165) is 38.0 Å². The van der Waals surface area contributed by atoms with Crippen molar-refractivity contribution in [1.82, 2.24) is 15.0 Å². The molecule has 2 saturated heterocycles. The normalized spacial score (nSPS) is 23.0. The molecule has 7 N–H and O–H groups in total. The maximum absolute atomic E-state index is 6.18. The molecule has 30 heavy (non-hydrogen) atoms. The number of nitrogens with zero attached hydrogens (tertiary/aromatic N) is 5. The van der Waals surface area contributed by atoms with Gasteiger partial charge in [0.2, 0.25) is 17.8 Å². The van der Waals surface area contributed by atoms with Crippen molar-refractivity contribution in [2.45, 2.75) is 37.4 Å². The molecule has 2 aromatic rings. The third kappa shape index (κ3) is 5.04. The maximum Gasteiger partial charge on any atom is 0.233 e. The van der Waals surface area contributed by atoms with E-state index in [2.05, 4.69) is 20.2 Å². The van der Waals surface area contributed by atoms with E-state index in [0.29, 0.717) is 41.0 Å². The Hall–Kier alpha value is -1.91. The number of rotatable bonds is 4. The van der Waals surface area contributed by atoms with E-state index < -0.39 is 0 Å². The molecular formula is C19H27Cl2N9. The zero-order valence-electron chi connectivity index (χ0n) is 16.6. The number of aromatic nitrogens is 3. The van der Waals surface area contributed by atoms with Crippen molar-refractivity contribution in [1.29, 1.82) is 0 Å². The molecular weight excluding hydrogens is 425 g/mol. The number of nitrogens with one attached hydrogen (secondary N) is 1. The van der Waals surface area contributed by atoms with Gasteiger partial charge in [-0.05, 0) is 37.5 Å². The summed E-state index contributed by atoms with van der Waals surface area (Å²) < 4.78 is 0. The van der Waals surface area contributed by atoms with E-state index in [1.54, 1.807) is 12.1 Å². The van der Waals surface area contributed by atoms with Gasteiger partial charge in [0.15, 0.2) is 0 Å². The van der Waals surface area contributed by atoms with Gasteiger partial charge in [-0.2, -0.15) is 15.0 Å². The minimum atomic E-state index is -0.0200. The predicted molar refractivity (Wildman–Crippen MR) is 122 cm³/mol. The molecule has 0 saturated carbocycles. The second-order valence-corrected chi connectivity index (χ2v) is 8.81. The Morgan fingerprint density at radius 2 is 1.47 bits per heavy atom. The van der Waals surface area contributed by atoms with Crippen molar-refractivity contribution in [3.05, 3.63) is 28.2 Å². The number of hydrogen-bond donors (Lipinski definition) is 4. The van der Waals surface area contributed by atoms with Gasteiger partial charge in [-0.3, -0.25) is 0 Å². The Kier molecular flexibility index (Phi) is 6.45. The van der Waals surface area contributed by atoms with E-state index in [-0.39, 0.29) is 18.1 Å². The molecule has 9 nitrogen and oxygen atoms in total. The molecule has 4 rings (SSSR count). The average molecular weight is 452 g/mol. The van der Waals surface area contributed by atoms with Crippen LogP contribution in [0.1, 0.15) is 19.3 Å². The van der Waals surface area contributed by atoms with Crippen LogP contribution in [0.25, 0.3) is 0 Å². The fraction of sp³-hybridized carbons (Fsp3) is 0.526. The van der Waals surface area contributed by atoms with Crippen LogP contribution in [0.3, 0.4) is 0 Å². The van der Waals surface area contributed by atoms with Crippen LogP contribution in [0.2, 0.25) is 10.0 Å². The van der Waals surface area contributed by atoms with Crippen LogP contribution in [0, 0.1) is 0 Å². The Labute approximate surface area is 185 Å². The summed E-state index contributed by atoms with van der Waals surface area (Å²) in [4.78, 5) is 18.2. The van der Waals surface area contributed by atoms with Crippen molar-refractivity contribution < 1.29 is 0 Å². The van der Waals surface area contributed by atoms with Crippen LogP contribution in [0.5, 0.6) is 0 Å². The largest absolute Gasteiger partial charge is 0.341 e. The smallest absolute Gasteiger partial charge is 0.233 e. The Morgan fingerprint density at radius 3 is 2.10 bits per heavy atom. The molecule has 11 heteroatoms. The van der Waals surface area contributed by atoms with Gasteiger partial charge in [0.1, 0.15) is 0 Å². The lowest BCUT2D eigenvalue weighted by Crippen LogP contribution is -2.53. The second kappa shape index (κ2) is 9.07. The van der Waals surface area contributed by atoms with Gasteiger partial charge in [0.25, 0.3) is 0 Å². The monoisotopic (exact) mass is 451 g/mol. The molecule has 0 bridgehead atoms. The maximum atomic E-state index is 6.18. The quantitative estimate of drug-likeness (QED) is 0.547. The van der Waals surface area contributed by atoms with Gasteiger partial charge in [-0.25, -0.2) is 0 Å². The lowest BCUT2D eigenvalue weighted by atomic mass is 10.0. The number of halogens is 2. The highest BCUT2D eigenvalue weighted by atomic mass is 35.5. The van der Waals surface area contributed by atoms with E-state index in [4.69, 9.17) is 45.4 Å². The first-order valence-electron chi connectivity index (χ1n) is 10.1. The highest BCUT2D eigenvalue weighted by molar-refractivity contribution is 6.42. The number of piperidine rings is 2. The van der Waals surface area contributed by atoms with Gasteiger partial charge in [-0.15, -0.1) is 0 Å². The molecule has 2 aliphatic heterocycles. The minimum Gasteiger partial charge on any atom is -0.341 e. The molecule has 0 amide bonds. The van der Waals surface area contributed by atoms with Crippen molar-refractivity contribution >= 4 is 46.7 Å². The van der Waals surface area contributed by atoms with Crippen LogP contribution < -0.4 is 32.3 Å². The second-order valence-electron chi connectivity index (χ2n) is 8.00. The van der Waals surface area contributed by atoms with Crippen LogP contribution >= 0.6 is 23.2 Å². The Morgan fingerprint density at radius 1 is 0.833 bits per heavy atom. The first-order chi connectivity index (χ1) is 14.4. The lowest BCUT2D eigenvalue weighted by Gasteiger charge is -2.35. The molecule has 162 valence electrons. The molecule has 0 spiro atoms. The summed E-state index contributed by atoms with van der Waals surface area (Å²) in [7, 11) is 0. The number of nitrogens with two attached hydrogens (primary N) is 3. The molecule has 0 aliphatic carbocycles. The molecule has 1 aromatic heterocycles. The number of benzene rings is 1. The third-order valence-electron chi connectivity index (χ3n) is 5.41. The fourth-order valence-corrected chi connectivity index (χ4v) is 4.14. The van der Waals surface area contributed by atoms with Crippen LogP contribution in [0.15, 0.2) is 18.2 Å². The van der Waals surface area contributed by atoms with E-state index in [1.807, 2.05) is 11.0 Å². The predicted octanol–water partition coefficient (Wildman–Crippen LogP) is 1.71. The summed E-state index contributed by atoms with van der Waals surface area (Å²) in [6, 6.07) is 5.46. The Balaban J connectivity index is 1.65. The van der Waals surface area contributed by atoms with Crippen LogP contribution in [-0.2, 0) is 0 Å². The van der Waals surface area contributed by atoms with E-state index >= 15 is 0 Å².